The van der Waals surface area contributed by atoms with Crippen LogP contribution in [-0.2, 0) is 14.8 Å². The van der Waals surface area contributed by atoms with Crippen molar-refractivity contribution in [3.8, 4) is 16.9 Å². The number of esters is 1. The first-order valence-electron chi connectivity index (χ1n) is 8.69. The number of ether oxygens (including phenoxy) is 1. The molecule has 3 aromatic carbocycles. The first-order chi connectivity index (χ1) is 13.8. The molecule has 0 fully saturated rings. The number of carbonyl (C=O) groups is 1. The number of carbonyl (C=O) groups excluding carboxylic acids is 1. The van der Waals surface area contributed by atoms with Crippen LogP contribution in [0.5, 0.6) is 5.75 Å². The van der Waals surface area contributed by atoms with Crippen LogP contribution < -0.4 is 4.72 Å². The number of para-hydroxylation sites is 1. The van der Waals surface area contributed by atoms with Crippen LogP contribution in [-0.4, -0.2) is 26.1 Å². The van der Waals surface area contributed by atoms with E-state index in [1.807, 2.05) is 24.3 Å². The lowest BCUT2D eigenvalue weighted by Crippen LogP contribution is -2.14. The van der Waals surface area contributed by atoms with Gasteiger partial charge in [0.15, 0.2) is 5.75 Å². The van der Waals surface area contributed by atoms with Gasteiger partial charge >= 0.3 is 5.97 Å². The van der Waals surface area contributed by atoms with Crippen molar-refractivity contribution in [2.75, 3.05) is 11.3 Å². The van der Waals surface area contributed by atoms with Crippen LogP contribution in [0.1, 0.15) is 17.3 Å². The van der Waals surface area contributed by atoms with E-state index in [4.69, 9.17) is 4.74 Å². The number of nitrogens with one attached hydrogen (secondary N) is 1. The fourth-order valence-corrected chi connectivity index (χ4v) is 4.00. The molecule has 150 valence electrons. The number of hydrogen-bond donors (Lipinski definition) is 2. The second-order valence-electron chi connectivity index (χ2n) is 6.06. The monoisotopic (exact) mass is 475 g/mol. The Morgan fingerprint density at radius 1 is 1.00 bits per heavy atom. The summed E-state index contributed by atoms with van der Waals surface area (Å²) in [5.74, 6) is -1.22. The Balaban J connectivity index is 1.85. The van der Waals surface area contributed by atoms with Gasteiger partial charge in [0.1, 0.15) is 5.56 Å². The molecule has 3 aromatic rings. The molecule has 0 aromatic heterocycles. The van der Waals surface area contributed by atoms with Crippen molar-refractivity contribution in [1.29, 1.82) is 0 Å². The van der Waals surface area contributed by atoms with E-state index in [0.717, 1.165) is 15.6 Å². The molecule has 0 aliphatic rings. The Kier molecular flexibility index (Phi) is 6.24. The summed E-state index contributed by atoms with van der Waals surface area (Å²) in [6.07, 6.45) is 0. The van der Waals surface area contributed by atoms with Crippen LogP contribution >= 0.6 is 15.9 Å². The maximum absolute atomic E-state index is 12.7. The Labute approximate surface area is 177 Å². The number of aromatic hydroxyl groups is 1. The number of rotatable bonds is 6. The molecule has 0 amide bonds. The Bertz CT molecular complexity index is 1130. The minimum absolute atomic E-state index is 0.0271. The number of benzene rings is 3. The first kappa shape index (κ1) is 20.9. The van der Waals surface area contributed by atoms with Crippen LogP contribution in [0.15, 0.2) is 76.1 Å². The molecule has 0 unspecified atom stereocenters. The van der Waals surface area contributed by atoms with Crippen molar-refractivity contribution >= 4 is 37.6 Å². The van der Waals surface area contributed by atoms with Gasteiger partial charge < -0.3 is 9.84 Å². The van der Waals surface area contributed by atoms with Crippen LogP contribution in [0, 0.1) is 0 Å². The topological polar surface area (TPSA) is 92.7 Å². The SMILES string of the molecule is CCOC(=O)c1cccc(NS(=O)(=O)c2ccc(-c3ccc(Br)cc3)cc2)c1O. The highest BCUT2D eigenvalue weighted by Gasteiger charge is 2.20. The van der Waals surface area contributed by atoms with E-state index in [-0.39, 0.29) is 22.8 Å². The molecule has 0 saturated heterocycles. The van der Waals surface area contributed by atoms with Gasteiger partial charge in [0.25, 0.3) is 10.0 Å². The largest absolute Gasteiger partial charge is 0.505 e. The van der Waals surface area contributed by atoms with E-state index in [1.165, 1.54) is 30.3 Å². The predicted molar refractivity (Wildman–Crippen MR) is 114 cm³/mol. The average Bonchev–Trinajstić information content (AvgIpc) is 2.70. The standard InChI is InChI=1S/C21H18BrNO5S/c1-2-28-21(25)18-4-3-5-19(20(18)24)23-29(26,27)17-12-8-15(9-13-17)14-6-10-16(22)11-7-14/h3-13,23-24H,2H2,1H3. The molecule has 6 nitrogen and oxygen atoms in total. The molecular formula is C21H18BrNO5S. The van der Waals surface area contributed by atoms with Gasteiger partial charge in [-0.3, -0.25) is 4.72 Å². The number of phenolic OH excluding ortho intramolecular Hbond substituents is 1. The van der Waals surface area contributed by atoms with Gasteiger partial charge in [0.05, 0.1) is 17.2 Å². The lowest BCUT2D eigenvalue weighted by molar-refractivity contribution is 0.0523. The van der Waals surface area contributed by atoms with Gasteiger partial charge in [-0.2, -0.15) is 0 Å². The summed E-state index contributed by atoms with van der Waals surface area (Å²) in [6, 6.07) is 18.2. The van der Waals surface area contributed by atoms with Gasteiger partial charge in [-0.1, -0.05) is 46.3 Å². The zero-order chi connectivity index (χ0) is 21.0. The third kappa shape index (κ3) is 4.78. The number of phenols is 1. The second kappa shape index (κ2) is 8.67. The summed E-state index contributed by atoms with van der Waals surface area (Å²) in [5, 5.41) is 10.3. The third-order valence-electron chi connectivity index (χ3n) is 4.12. The molecule has 0 aliphatic carbocycles. The molecule has 0 bridgehead atoms. The molecule has 0 atom stereocenters. The molecule has 29 heavy (non-hydrogen) atoms. The summed E-state index contributed by atoms with van der Waals surface area (Å²) >= 11 is 3.38. The minimum Gasteiger partial charge on any atom is -0.505 e. The fraction of sp³-hybridized carbons (Fsp3) is 0.0952. The number of hydrogen-bond acceptors (Lipinski definition) is 5. The quantitative estimate of drug-likeness (QED) is 0.394. The minimum atomic E-state index is -3.97. The van der Waals surface area contributed by atoms with Crippen LogP contribution in [0.3, 0.4) is 0 Å². The van der Waals surface area contributed by atoms with Gasteiger partial charge in [0.2, 0.25) is 0 Å². The third-order valence-corrected chi connectivity index (χ3v) is 6.03. The van der Waals surface area contributed by atoms with E-state index in [9.17, 15) is 18.3 Å². The number of sulfonamides is 1. The van der Waals surface area contributed by atoms with Crippen molar-refractivity contribution in [1.82, 2.24) is 0 Å². The average molecular weight is 476 g/mol. The fourth-order valence-electron chi connectivity index (χ4n) is 2.67. The molecular weight excluding hydrogens is 458 g/mol. The van der Waals surface area contributed by atoms with E-state index in [1.54, 1.807) is 19.1 Å². The normalized spacial score (nSPS) is 11.1. The number of halogens is 1. The second-order valence-corrected chi connectivity index (χ2v) is 8.66. The van der Waals surface area contributed by atoms with Gasteiger partial charge in [-0.05, 0) is 54.4 Å². The Morgan fingerprint density at radius 3 is 2.17 bits per heavy atom. The zero-order valence-electron chi connectivity index (χ0n) is 15.4. The first-order valence-corrected chi connectivity index (χ1v) is 11.0. The van der Waals surface area contributed by atoms with E-state index in [0.29, 0.717) is 0 Å². The molecule has 0 saturated carbocycles. The maximum atomic E-state index is 12.7. The van der Waals surface area contributed by atoms with Crippen LogP contribution in [0.4, 0.5) is 5.69 Å². The van der Waals surface area contributed by atoms with Gasteiger partial charge in [-0.25, -0.2) is 13.2 Å². The zero-order valence-corrected chi connectivity index (χ0v) is 17.8. The Morgan fingerprint density at radius 2 is 1.59 bits per heavy atom. The molecule has 0 aliphatic heterocycles. The summed E-state index contributed by atoms with van der Waals surface area (Å²) < 4.78 is 33.5. The van der Waals surface area contributed by atoms with Gasteiger partial charge in [-0.15, -0.1) is 0 Å². The van der Waals surface area contributed by atoms with Gasteiger partial charge in [0, 0.05) is 4.47 Å². The maximum Gasteiger partial charge on any atom is 0.341 e. The highest BCUT2D eigenvalue weighted by Crippen LogP contribution is 2.30. The van der Waals surface area contributed by atoms with E-state index >= 15 is 0 Å². The lowest BCUT2D eigenvalue weighted by Gasteiger charge is -2.12. The molecule has 0 heterocycles. The smallest absolute Gasteiger partial charge is 0.341 e. The lowest BCUT2D eigenvalue weighted by atomic mass is 10.1. The molecule has 0 spiro atoms. The van der Waals surface area contributed by atoms with Crippen molar-refractivity contribution in [3.63, 3.8) is 0 Å². The molecule has 2 N–H and O–H groups in total. The predicted octanol–water partition coefficient (Wildman–Crippen LogP) is 4.80. The number of anilines is 1. The van der Waals surface area contributed by atoms with Crippen molar-refractivity contribution in [3.05, 3.63) is 76.8 Å². The molecule has 3 rings (SSSR count). The van der Waals surface area contributed by atoms with Crippen molar-refractivity contribution < 1.29 is 23.1 Å². The Hall–Kier alpha value is -2.84. The van der Waals surface area contributed by atoms with E-state index < -0.39 is 21.7 Å². The molecule has 8 heteroatoms. The van der Waals surface area contributed by atoms with Crippen molar-refractivity contribution in [2.24, 2.45) is 0 Å². The van der Waals surface area contributed by atoms with E-state index in [2.05, 4.69) is 20.7 Å². The summed E-state index contributed by atoms with van der Waals surface area (Å²) in [4.78, 5) is 11.9. The summed E-state index contributed by atoms with van der Waals surface area (Å²) in [5.41, 5.74) is 1.60. The summed E-state index contributed by atoms with van der Waals surface area (Å²) in [6.45, 7) is 1.78. The summed E-state index contributed by atoms with van der Waals surface area (Å²) in [7, 11) is -3.97. The van der Waals surface area contributed by atoms with Crippen LogP contribution in [0.25, 0.3) is 11.1 Å². The highest BCUT2D eigenvalue weighted by molar-refractivity contribution is 9.10. The molecule has 0 radical (unpaired) electrons. The van der Waals surface area contributed by atoms with Crippen molar-refractivity contribution in [2.45, 2.75) is 11.8 Å². The highest BCUT2D eigenvalue weighted by atomic mass is 79.9. The van der Waals surface area contributed by atoms with Crippen LogP contribution in [0.2, 0.25) is 0 Å².